The fourth-order valence-electron chi connectivity index (χ4n) is 3.30. The fraction of sp³-hybridized carbons (Fsp3) is 0.174. The normalized spacial score (nSPS) is 11.3. The molecule has 1 amide bonds. The molecule has 162 valence electrons. The number of benzene rings is 3. The Kier molecular flexibility index (Phi) is 6.94. The van der Waals surface area contributed by atoms with Gasteiger partial charge in [0, 0.05) is 12.2 Å². The summed E-state index contributed by atoms with van der Waals surface area (Å²) in [4.78, 5) is 12.8. The van der Waals surface area contributed by atoms with E-state index in [1.54, 1.807) is 37.3 Å². The number of carbonyl (C=O) groups is 1. The third kappa shape index (κ3) is 4.71. The maximum Gasteiger partial charge on any atom is 0.265 e. The third-order valence-electron chi connectivity index (χ3n) is 4.89. The Labute approximate surface area is 192 Å². The molecule has 3 aromatic rings. The summed E-state index contributed by atoms with van der Waals surface area (Å²) in [7, 11) is -4.03. The van der Waals surface area contributed by atoms with E-state index in [1.807, 2.05) is 32.0 Å². The SMILES string of the molecule is CCN(c1ccccc1)S(=O)(=O)c1cc(C(=O)Nc2c(C)cccc2C)c(Cl)cc1Cl. The highest BCUT2D eigenvalue weighted by molar-refractivity contribution is 7.93. The molecule has 3 rings (SSSR count). The Hall–Kier alpha value is -2.54. The number of rotatable bonds is 6. The predicted octanol–water partition coefficient (Wildman–Crippen LogP) is 6.08. The molecule has 8 heteroatoms. The molecule has 0 spiro atoms. The first-order valence-corrected chi connectivity index (χ1v) is 11.8. The summed E-state index contributed by atoms with van der Waals surface area (Å²) in [6.45, 7) is 5.67. The molecule has 0 aliphatic heterocycles. The van der Waals surface area contributed by atoms with Crippen LogP contribution >= 0.6 is 23.2 Å². The number of hydrogen-bond donors (Lipinski definition) is 1. The molecule has 0 saturated carbocycles. The van der Waals surface area contributed by atoms with Crippen molar-refractivity contribution in [1.82, 2.24) is 0 Å². The molecule has 1 N–H and O–H groups in total. The van der Waals surface area contributed by atoms with E-state index in [4.69, 9.17) is 23.2 Å². The van der Waals surface area contributed by atoms with Crippen molar-refractivity contribution in [1.29, 1.82) is 0 Å². The fourth-order valence-corrected chi connectivity index (χ4v) is 5.61. The van der Waals surface area contributed by atoms with E-state index in [2.05, 4.69) is 5.32 Å². The summed E-state index contributed by atoms with van der Waals surface area (Å²) >= 11 is 12.5. The van der Waals surface area contributed by atoms with E-state index in [-0.39, 0.29) is 27.0 Å². The summed E-state index contributed by atoms with van der Waals surface area (Å²) in [6.07, 6.45) is 0. The first kappa shape index (κ1) is 23.1. The summed E-state index contributed by atoms with van der Waals surface area (Å²) in [5.41, 5.74) is 2.94. The van der Waals surface area contributed by atoms with Crippen molar-refractivity contribution in [3.05, 3.63) is 87.4 Å². The molecular formula is C23H22Cl2N2O3S. The number of sulfonamides is 1. The Bertz CT molecular complexity index is 1210. The second-order valence-corrected chi connectivity index (χ2v) is 9.63. The summed E-state index contributed by atoms with van der Waals surface area (Å²) in [5.74, 6) is -0.515. The number of hydrogen-bond acceptors (Lipinski definition) is 3. The molecule has 0 aromatic heterocycles. The van der Waals surface area contributed by atoms with Crippen LogP contribution in [0.3, 0.4) is 0 Å². The van der Waals surface area contributed by atoms with Gasteiger partial charge in [-0.15, -0.1) is 0 Å². The Balaban J connectivity index is 2.05. The average Bonchev–Trinajstić information content (AvgIpc) is 2.71. The molecule has 5 nitrogen and oxygen atoms in total. The molecule has 0 aliphatic rings. The van der Waals surface area contributed by atoms with Crippen molar-refractivity contribution in [2.75, 3.05) is 16.2 Å². The van der Waals surface area contributed by atoms with Crippen LogP contribution in [0.4, 0.5) is 11.4 Å². The molecule has 0 atom stereocenters. The highest BCUT2D eigenvalue weighted by atomic mass is 35.5. The van der Waals surface area contributed by atoms with Crippen molar-refractivity contribution in [2.45, 2.75) is 25.7 Å². The van der Waals surface area contributed by atoms with E-state index in [1.165, 1.54) is 16.4 Å². The monoisotopic (exact) mass is 476 g/mol. The van der Waals surface area contributed by atoms with Crippen LogP contribution in [-0.2, 0) is 10.0 Å². The first-order valence-electron chi connectivity index (χ1n) is 9.61. The summed E-state index contributed by atoms with van der Waals surface area (Å²) in [5, 5.41) is 2.85. The van der Waals surface area contributed by atoms with Crippen molar-refractivity contribution >= 4 is 50.5 Å². The topological polar surface area (TPSA) is 66.5 Å². The van der Waals surface area contributed by atoms with Gasteiger partial charge in [-0.1, -0.05) is 59.6 Å². The lowest BCUT2D eigenvalue weighted by Crippen LogP contribution is -2.31. The zero-order chi connectivity index (χ0) is 22.8. The van der Waals surface area contributed by atoms with Gasteiger partial charge in [-0.2, -0.15) is 0 Å². The zero-order valence-corrected chi connectivity index (χ0v) is 19.6. The van der Waals surface area contributed by atoms with E-state index in [0.717, 1.165) is 11.1 Å². The van der Waals surface area contributed by atoms with Gasteiger partial charge in [0.25, 0.3) is 15.9 Å². The van der Waals surface area contributed by atoms with Crippen LogP contribution in [0.15, 0.2) is 65.6 Å². The number of anilines is 2. The first-order chi connectivity index (χ1) is 14.7. The Morgan fingerprint density at radius 3 is 2.13 bits per heavy atom. The number of aryl methyl sites for hydroxylation is 2. The van der Waals surface area contributed by atoms with Gasteiger partial charge in [-0.25, -0.2) is 8.42 Å². The largest absolute Gasteiger partial charge is 0.321 e. The Morgan fingerprint density at radius 1 is 0.935 bits per heavy atom. The Morgan fingerprint density at radius 2 is 1.55 bits per heavy atom. The smallest absolute Gasteiger partial charge is 0.265 e. The third-order valence-corrected chi connectivity index (χ3v) is 7.57. The molecule has 0 heterocycles. The standard InChI is InChI=1S/C23H22Cl2N2O3S/c1-4-27(17-11-6-5-7-12-17)31(29,30)21-13-18(19(24)14-20(21)25)23(28)26-22-15(2)9-8-10-16(22)3/h5-14H,4H2,1-3H3,(H,26,28). The number of para-hydroxylation sites is 2. The summed E-state index contributed by atoms with van der Waals surface area (Å²) in [6, 6.07) is 16.9. The number of halogens is 2. The molecule has 31 heavy (non-hydrogen) atoms. The van der Waals surface area contributed by atoms with Crippen molar-refractivity contribution in [3.8, 4) is 0 Å². The van der Waals surface area contributed by atoms with Gasteiger partial charge >= 0.3 is 0 Å². The molecule has 0 bridgehead atoms. The lowest BCUT2D eigenvalue weighted by atomic mass is 10.1. The molecular weight excluding hydrogens is 455 g/mol. The van der Waals surface area contributed by atoms with E-state index in [9.17, 15) is 13.2 Å². The van der Waals surface area contributed by atoms with E-state index in [0.29, 0.717) is 11.4 Å². The van der Waals surface area contributed by atoms with Crippen LogP contribution in [0.25, 0.3) is 0 Å². The van der Waals surface area contributed by atoms with Crippen molar-refractivity contribution in [2.24, 2.45) is 0 Å². The molecule has 0 fully saturated rings. The zero-order valence-electron chi connectivity index (χ0n) is 17.3. The van der Waals surface area contributed by atoms with Gasteiger partial charge in [0.15, 0.2) is 0 Å². The van der Waals surface area contributed by atoms with Gasteiger partial charge in [0.05, 0.1) is 21.3 Å². The van der Waals surface area contributed by atoms with Crippen molar-refractivity contribution < 1.29 is 13.2 Å². The maximum absolute atomic E-state index is 13.4. The quantitative estimate of drug-likeness (QED) is 0.468. The van der Waals surface area contributed by atoms with Crippen LogP contribution in [-0.4, -0.2) is 20.9 Å². The lowest BCUT2D eigenvalue weighted by Gasteiger charge is -2.24. The lowest BCUT2D eigenvalue weighted by molar-refractivity contribution is 0.102. The molecule has 0 radical (unpaired) electrons. The number of amides is 1. The number of nitrogens with zero attached hydrogens (tertiary/aromatic N) is 1. The maximum atomic E-state index is 13.4. The van der Waals surface area contributed by atoms with Crippen LogP contribution in [0.5, 0.6) is 0 Å². The van der Waals surface area contributed by atoms with Crippen LogP contribution in [0.1, 0.15) is 28.4 Å². The number of nitrogens with one attached hydrogen (secondary N) is 1. The van der Waals surface area contributed by atoms with Gasteiger partial charge in [0.2, 0.25) is 0 Å². The van der Waals surface area contributed by atoms with Gasteiger partial charge in [0.1, 0.15) is 4.90 Å². The second-order valence-electron chi connectivity index (χ2n) is 6.99. The minimum atomic E-state index is -4.03. The molecule has 0 aliphatic carbocycles. The van der Waals surface area contributed by atoms with Crippen molar-refractivity contribution in [3.63, 3.8) is 0 Å². The molecule has 0 unspecified atom stereocenters. The van der Waals surface area contributed by atoms with Crippen LogP contribution < -0.4 is 9.62 Å². The average molecular weight is 477 g/mol. The van der Waals surface area contributed by atoms with Gasteiger partial charge in [-0.05, 0) is 56.2 Å². The number of carbonyl (C=O) groups excluding carboxylic acids is 1. The summed E-state index contributed by atoms with van der Waals surface area (Å²) < 4.78 is 28.0. The van der Waals surface area contributed by atoms with E-state index >= 15 is 0 Å². The van der Waals surface area contributed by atoms with Gasteiger partial charge in [-0.3, -0.25) is 9.10 Å². The molecule has 0 saturated heterocycles. The second kappa shape index (κ2) is 9.30. The molecule has 3 aromatic carbocycles. The minimum absolute atomic E-state index is 0.0245. The predicted molar refractivity (Wildman–Crippen MR) is 127 cm³/mol. The minimum Gasteiger partial charge on any atom is -0.321 e. The highest BCUT2D eigenvalue weighted by Gasteiger charge is 2.28. The van der Waals surface area contributed by atoms with E-state index < -0.39 is 15.9 Å². The highest BCUT2D eigenvalue weighted by Crippen LogP contribution is 2.33. The van der Waals surface area contributed by atoms with Gasteiger partial charge < -0.3 is 5.32 Å². The van der Waals surface area contributed by atoms with Crippen LogP contribution in [0, 0.1) is 13.8 Å². The van der Waals surface area contributed by atoms with Crippen LogP contribution in [0.2, 0.25) is 10.0 Å².